The summed E-state index contributed by atoms with van der Waals surface area (Å²) in [5, 5.41) is 21.0. The standard InChI is InChI=1S/C31H37F3N4O5/c1-6-17-30(4,5)26(25(39)27(40)35-19(3)20-11-9-8-10-12-20)38(29(41)42)23(7-2)18-24-36-37-28(43-24)21-13-15-22(16-14-21)31(32,33)34/h8-16,19,23,26H,6-7,17-18H2,1-5H3,(H,35,40)(H,41,42)/t19-,23-,26-/m1/s1. The molecule has 0 saturated carbocycles. The molecule has 1 heterocycles. The smallest absolute Gasteiger partial charge is 0.416 e. The first-order chi connectivity index (χ1) is 20.2. The van der Waals surface area contributed by atoms with Crippen molar-refractivity contribution in [2.45, 2.75) is 84.6 Å². The molecule has 0 aliphatic carbocycles. The topological polar surface area (TPSA) is 126 Å². The number of nitrogens with one attached hydrogen (secondary N) is 1. The molecule has 9 nitrogen and oxygen atoms in total. The molecule has 12 heteroatoms. The number of hydrogen-bond acceptors (Lipinski definition) is 6. The van der Waals surface area contributed by atoms with Gasteiger partial charge in [0.05, 0.1) is 11.6 Å². The molecule has 0 aliphatic heterocycles. The van der Waals surface area contributed by atoms with Gasteiger partial charge in [0, 0.05) is 18.0 Å². The highest BCUT2D eigenvalue weighted by Gasteiger charge is 2.46. The van der Waals surface area contributed by atoms with E-state index in [4.69, 9.17) is 4.42 Å². The van der Waals surface area contributed by atoms with Gasteiger partial charge in [0.2, 0.25) is 17.6 Å². The predicted octanol–water partition coefficient (Wildman–Crippen LogP) is 6.70. The molecule has 0 radical (unpaired) electrons. The number of carbonyl (C=O) groups excluding carboxylic acids is 2. The lowest BCUT2D eigenvalue weighted by Crippen LogP contribution is -2.60. The van der Waals surface area contributed by atoms with Gasteiger partial charge in [-0.2, -0.15) is 13.2 Å². The van der Waals surface area contributed by atoms with Gasteiger partial charge < -0.3 is 14.8 Å². The van der Waals surface area contributed by atoms with Crippen molar-refractivity contribution in [3.63, 3.8) is 0 Å². The van der Waals surface area contributed by atoms with Gasteiger partial charge in [0.1, 0.15) is 6.04 Å². The summed E-state index contributed by atoms with van der Waals surface area (Å²) >= 11 is 0. The predicted molar refractivity (Wildman–Crippen MR) is 153 cm³/mol. The van der Waals surface area contributed by atoms with Crippen molar-refractivity contribution in [3.8, 4) is 11.5 Å². The van der Waals surface area contributed by atoms with Gasteiger partial charge in [-0.25, -0.2) is 4.79 Å². The van der Waals surface area contributed by atoms with Gasteiger partial charge in [-0.3, -0.25) is 14.5 Å². The molecular formula is C31H37F3N4O5. The Morgan fingerprint density at radius 3 is 2.16 bits per heavy atom. The van der Waals surface area contributed by atoms with Gasteiger partial charge >= 0.3 is 12.3 Å². The number of halogens is 3. The van der Waals surface area contributed by atoms with Crippen LogP contribution in [-0.4, -0.2) is 50.1 Å². The molecule has 43 heavy (non-hydrogen) atoms. The highest BCUT2D eigenvalue weighted by atomic mass is 19.4. The maximum Gasteiger partial charge on any atom is 0.416 e. The summed E-state index contributed by atoms with van der Waals surface area (Å²) in [6, 6.07) is 10.6. The van der Waals surface area contributed by atoms with Crippen LogP contribution in [0.4, 0.5) is 18.0 Å². The maximum absolute atomic E-state index is 13.8. The molecule has 1 aromatic heterocycles. The summed E-state index contributed by atoms with van der Waals surface area (Å²) in [5.41, 5.74) is -0.691. The number of aromatic nitrogens is 2. The number of hydrogen-bond donors (Lipinski definition) is 2. The third kappa shape index (κ3) is 8.20. The second-order valence-electron chi connectivity index (χ2n) is 11.1. The van der Waals surface area contributed by atoms with E-state index < -0.39 is 53.1 Å². The number of carboxylic acid groups (broad SMARTS) is 1. The van der Waals surface area contributed by atoms with E-state index in [0.717, 1.165) is 22.6 Å². The number of Topliss-reactive ketones (excluding diaryl/α,β-unsaturated/α-hetero) is 1. The number of amides is 2. The number of rotatable bonds is 13. The van der Waals surface area contributed by atoms with E-state index >= 15 is 0 Å². The van der Waals surface area contributed by atoms with Crippen LogP contribution < -0.4 is 5.32 Å². The zero-order valence-electron chi connectivity index (χ0n) is 24.8. The number of nitrogens with zero attached hydrogens (tertiary/aromatic N) is 3. The van der Waals surface area contributed by atoms with Crippen LogP contribution >= 0.6 is 0 Å². The molecule has 0 spiro atoms. The minimum atomic E-state index is -4.50. The zero-order chi connectivity index (χ0) is 31.9. The summed E-state index contributed by atoms with van der Waals surface area (Å²) in [7, 11) is 0. The fourth-order valence-electron chi connectivity index (χ4n) is 5.23. The fraction of sp³-hybridized carbons (Fsp3) is 0.452. The molecule has 0 aliphatic rings. The minimum absolute atomic E-state index is 0.0336. The third-order valence-electron chi connectivity index (χ3n) is 7.45. The molecule has 2 N–H and O–H groups in total. The van der Waals surface area contributed by atoms with Crippen molar-refractivity contribution in [1.29, 1.82) is 0 Å². The first-order valence-corrected chi connectivity index (χ1v) is 14.1. The Balaban J connectivity index is 1.90. The maximum atomic E-state index is 13.8. The fourth-order valence-corrected chi connectivity index (χ4v) is 5.23. The summed E-state index contributed by atoms with van der Waals surface area (Å²) in [5.74, 6) is -1.77. The lowest BCUT2D eigenvalue weighted by molar-refractivity contribution is -0.144. The Bertz CT molecular complexity index is 1390. The van der Waals surface area contributed by atoms with Crippen LogP contribution in [0.5, 0.6) is 0 Å². The van der Waals surface area contributed by atoms with Crippen molar-refractivity contribution in [2.24, 2.45) is 5.41 Å². The highest BCUT2D eigenvalue weighted by Crippen LogP contribution is 2.35. The van der Waals surface area contributed by atoms with Crippen LogP contribution in [0.25, 0.3) is 11.5 Å². The number of alkyl halides is 3. The minimum Gasteiger partial charge on any atom is -0.465 e. The van der Waals surface area contributed by atoms with Crippen molar-refractivity contribution >= 4 is 17.8 Å². The molecule has 0 fully saturated rings. The molecule has 0 saturated heterocycles. The SMILES string of the molecule is CCCC(C)(C)[C@@H](C(=O)C(=O)N[C@H](C)c1ccccc1)N(C(=O)O)[C@H](CC)Cc1nnc(-c2ccc(C(F)(F)F)cc2)o1. The van der Waals surface area contributed by atoms with Gasteiger partial charge in [0.15, 0.2) is 0 Å². The summed E-state index contributed by atoms with van der Waals surface area (Å²) in [6.07, 6.45) is -4.61. The van der Waals surface area contributed by atoms with E-state index in [1.54, 1.807) is 27.7 Å². The Morgan fingerprint density at radius 2 is 1.63 bits per heavy atom. The molecule has 2 aromatic carbocycles. The van der Waals surface area contributed by atoms with Crippen molar-refractivity contribution < 1.29 is 37.1 Å². The highest BCUT2D eigenvalue weighted by molar-refractivity contribution is 6.38. The van der Waals surface area contributed by atoms with Crippen LogP contribution in [-0.2, 0) is 22.2 Å². The molecule has 232 valence electrons. The number of benzene rings is 2. The van der Waals surface area contributed by atoms with E-state index in [2.05, 4.69) is 15.5 Å². The van der Waals surface area contributed by atoms with Gasteiger partial charge in [0.25, 0.3) is 5.91 Å². The Hall–Kier alpha value is -4.22. The molecular weight excluding hydrogens is 565 g/mol. The van der Waals surface area contributed by atoms with Crippen LogP contribution in [0.3, 0.4) is 0 Å². The van der Waals surface area contributed by atoms with E-state index in [1.165, 1.54) is 12.1 Å². The summed E-state index contributed by atoms with van der Waals surface area (Å²) in [6.45, 7) is 8.89. The van der Waals surface area contributed by atoms with Gasteiger partial charge in [-0.05, 0) is 55.0 Å². The largest absolute Gasteiger partial charge is 0.465 e. The zero-order valence-corrected chi connectivity index (χ0v) is 24.8. The van der Waals surface area contributed by atoms with E-state index in [0.29, 0.717) is 12.8 Å². The number of ketones is 1. The van der Waals surface area contributed by atoms with E-state index in [1.807, 2.05) is 37.3 Å². The lowest BCUT2D eigenvalue weighted by Gasteiger charge is -2.42. The summed E-state index contributed by atoms with van der Waals surface area (Å²) in [4.78, 5) is 40.8. The van der Waals surface area contributed by atoms with Crippen molar-refractivity contribution in [2.75, 3.05) is 0 Å². The van der Waals surface area contributed by atoms with Crippen molar-refractivity contribution in [3.05, 3.63) is 71.6 Å². The first kappa shape index (κ1) is 33.3. The second-order valence-corrected chi connectivity index (χ2v) is 11.1. The molecule has 2 amide bonds. The molecule has 3 aromatic rings. The van der Waals surface area contributed by atoms with Crippen LogP contribution in [0.2, 0.25) is 0 Å². The first-order valence-electron chi connectivity index (χ1n) is 14.1. The normalized spacial score (nSPS) is 14.0. The Morgan fingerprint density at radius 1 is 1.00 bits per heavy atom. The third-order valence-corrected chi connectivity index (χ3v) is 7.45. The quantitative estimate of drug-likeness (QED) is 0.209. The lowest BCUT2D eigenvalue weighted by atomic mass is 9.76. The Labute approximate surface area is 248 Å². The molecule has 0 bridgehead atoms. The van der Waals surface area contributed by atoms with Gasteiger partial charge in [-0.15, -0.1) is 10.2 Å². The summed E-state index contributed by atoms with van der Waals surface area (Å²) < 4.78 is 44.5. The molecule has 3 rings (SSSR count). The average Bonchev–Trinajstić information content (AvgIpc) is 3.42. The molecule has 3 atom stereocenters. The average molecular weight is 603 g/mol. The van der Waals surface area contributed by atoms with Gasteiger partial charge in [-0.1, -0.05) is 64.4 Å². The number of carbonyl (C=O) groups is 3. The Kier molecular flexibility index (Phi) is 10.7. The molecule has 0 unspecified atom stereocenters. The van der Waals surface area contributed by atoms with Crippen LogP contribution in [0, 0.1) is 5.41 Å². The van der Waals surface area contributed by atoms with Crippen LogP contribution in [0.15, 0.2) is 59.0 Å². The van der Waals surface area contributed by atoms with E-state index in [9.17, 15) is 32.7 Å². The van der Waals surface area contributed by atoms with Crippen LogP contribution in [0.1, 0.15) is 76.9 Å². The second kappa shape index (κ2) is 13.8. The van der Waals surface area contributed by atoms with Crippen molar-refractivity contribution in [1.82, 2.24) is 20.4 Å². The van der Waals surface area contributed by atoms with E-state index in [-0.39, 0.29) is 30.2 Å². The monoisotopic (exact) mass is 602 g/mol.